The predicted octanol–water partition coefficient (Wildman–Crippen LogP) is 4.16. The molecule has 2 aliphatic rings. The average Bonchev–Trinajstić information content (AvgIpc) is 3.42. The minimum Gasteiger partial charge on any atom is -0.496 e. The lowest BCUT2D eigenvalue weighted by Gasteiger charge is -2.40. The van der Waals surface area contributed by atoms with Gasteiger partial charge in [0.1, 0.15) is 5.75 Å². The third-order valence-electron chi connectivity index (χ3n) is 5.65. The van der Waals surface area contributed by atoms with Gasteiger partial charge in [-0.05, 0) is 31.7 Å². The van der Waals surface area contributed by atoms with Crippen LogP contribution in [-0.4, -0.2) is 46.6 Å². The van der Waals surface area contributed by atoms with E-state index in [9.17, 15) is 14.7 Å². The van der Waals surface area contributed by atoms with Gasteiger partial charge in [-0.15, -0.1) is 0 Å². The number of hydrogen-bond donors (Lipinski definition) is 1. The zero-order valence-corrected chi connectivity index (χ0v) is 17.8. The molecule has 4 rings (SSSR count). The Bertz CT molecular complexity index is 980. The summed E-state index contributed by atoms with van der Waals surface area (Å²) in [7, 11) is 1.58. The summed E-state index contributed by atoms with van der Waals surface area (Å²) in [6, 6.07) is 3.76. The van der Waals surface area contributed by atoms with E-state index in [1.165, 1.54) is 4.90 Å². The van der Waals surface area contributed by atoms with E-state index < -0.39 is 6.09 Å². The molecule has 8 heteroatoms. The number of carbonyl (C=O) groups is 2. The third kappa shape index (κ3) is 3.62. The van der Waals surface area contributed by atoms with Crippen LogP contribution in [-0.2, 0) is 4.79 Å². The van der Waals surface area contributed by atoms with Crippen LogP contribution in [0.1, 0.15) is 46.1 Å². The molecular formula is C22H28N4O4. The molecule has 1 N–H and O–H groups in total. The fraction of sp³-hybridized carbons (Fsp3) is 0.500. The smallest absolute Gasteiger partial charge is 0.411 e. The van der Waals surface area contributed by atoms with E-state index in [2.05, 4.69) is 5.10 Å². The number of anilines is 2. The summed E-state index contributed by atoms with van der Waals surface area (Å²) in [6.45, 7) is 6.09. The fourth-order valence-electron chi connectivity index (χ4n) is 4.07. The number of benzene rings is 1. The molecule has 30 heavy (non-hydrogen) atoms. The standard InChI is InChI=1S/C22H28N4O4/c1-13(2)7-21(27)26-14(3)11-24(22(28)29)18-8-17(20(30-4)9-19(18)26)15-10-23-25(12-15)16-5-6-16/h8-10,12-14,16H,5-7,11H2,1-4H3,(H,28,29)/t14-/m0/s1. The lowest BCUT2D eigenvalue weighted by atomic mass is 10.00. The minimum atomic E-state index is -1.04. The Morgan fingerprint density at radius 1 is 1.27 bits per heavy atom. The van der Waals surface area contributed by atoms with Crippen molar-refractivity contribution in [3.05, 3.63) is 24.5 Å². The number of amides is 2. The van der Waals surface area contributed by atoms with Gasteiger partial charge in [0.25, 0.3) is 0 Å². The molecule has 1 aliphatic carbocycles. The summed E-state index contributed by atoms with van der Waals surface area (Å²) in [5.74, 6) is 0.783. The minimum absolute atomic E-state index is 0.0138. The average molecular weight is 412 g/mol. The second-order valence-electron chi connectivity index (χ2n) is 8.59. The summed E-state index contributed by atoms with van der Waals surface area (Å²) in [6.07, 6.45) is 5.36. The maximum absolute atomic E-state index is 13.0. The Kier molecular flexibility index (Phi) is 5.17. The van der Waals surface area contributed by atoms with E-state index in [1.54, 1.807) is 30.3 Å². The third-order valence-corrected chi connectivity index (χ3v) is 5.65. The van der Waals surface area contributed by atoms with E-state index in [4.69, 9.17) is 4.74 Å². The van der Waals surface area contributed by atoms with Crippen LogP contribution in [0.15, 0.2) is 24.5 Å². The van der Waals surface area contributed by atoms with Crippen molar-refractivity contribution in [1.82, 2.24) is 9.78 Å². The molecule has 0 bridgehead atoms. The first kappa shape index (κ1) is 20.3. The zero-order chi connectivity index (χ0) is 21.6. The van der Waals surface area contributed by atoms with Crippen LogP contribution in [0.2, 0.25) is 0 Å². The molecule has 0 radical (unpaired) electrons. The van der Waals surface area contributed by atoms with Crippen LogP contribution < -0.4 is 14.5 Å². The van der Waals surface area contributed by atoms with Gasteiger partial charge in [-0.3, -0.25) is 14.4 Å². The quantitative estimate of drug-likeness (QED) is 0.797. The molecule has 2 aromatic rings. The second kappa shape index (κ2) is 7.66. The molecule has 0 saturated heterocycles. The highest BCUT2D eigenvalue weighted by atomic mass is 16.5. The van der Waals surface area contributed by atoms with Crippen molar-refractivity contribution in [1.29, 1.82) is 0 Å². The van der Waals surface area contributed by atoms with Crippen LogP contribution in [0.3, 0.4) is 0 Å². The Morgan fingerprint density at radius 3 is 2.60 bits per heavy atom. The molecule has 1 aromatic heterocycles. The topological polar surface area (TPSA) is 87.9 Å². The number of rotatable bonds is 5. The summed E-state index contributed by atoms with van der Waals surface area (Å²) < 4.78 is 7.60. The first-order valence-corrected chi connectivity index (χ1v) is 10.4. The molecule has 8 nitrogen and oxygen atoms in total. The van der Waals surface area contributed by atoms with Crippen LogP contribution in [0.5, 0.6) is 5.75 Å². The van der Waals surface area contributed by atoms with Gasteiger partial charge in [0.05, 0.1) is 36.8 Å². The first-order chi connectivity index (χ1) is 14.3. The number of aromatic nitrogens is 2. The summed E-state index contributed by atoms with van der Waals surface area (Å²) >= 11 is 0. The highest BCUT2D eigenvalue weighted by Gasteiger charge is 2.36. The van der Waals surface area contributed by atoms with Gasteiger partial charge < -0.3 is 14.7 Å². The lowest BCUT2D eigenvalue weighted by molar-refractivity contribution is -0.119. The van der Waals surface area contributed by atoms with Crippen molar-refractivity contribution in [2.24, 2.45) is 5.92 Å². The normalized spacial score (nSPS) is 18.5. The molecule has 2 amide bonds. The van der Waals surface area contributed by atoms with Crippen molar-refractivity contribution in [3.63, 3.8) is 0 Å². The highest BCUT2D eigenvalue weighted by molar-refractivity contribution is 6.04. The van der Waals surface area contributed by atoms with Crippen molar-refractivity contribution >= 4 is 23.4 Å². The van der Waals surface area contributed by atoms with E-state index >= 15 is 0 Å². The number of nitrogens with zero attached hydrogens (tertiary/aromatic N) is 4. The molecule has 1 atom stereocenters. The predicted molar refractivity (Wildman–Crippen MR) is 114 cm³/mol. The maximum atomic E-state index is 13.0. The Labute approximate surface area is 176 Å². The van der Waals surface area contributed by atoms with Crippen LogP contribution >= 0.6 is 0 Å². The molecule has 1 saturated carbocycles. The van der Waals surface area contributed by atoms with Crippen LogP contribution in [0.4, 0.5) is 16.2 Å². The van der Waals surface area contributed by atoms with Crippen molar-refractivity contribution in [3.8, 4) is 16.9 Å². The van der Waals surface area contributed by atoms with Crippen molar-refractivity contribution < 1.29 is 19.4 Å². The molecule has 0 unspecified atom stereocenters. The summed E-state index contributed by atoms with van der Waals surface area (Å²) in [4.78, 5) is 28.0. The number of carbonyl (C=O) groups excluding carboxylic acids is 1. The summed E-state index contributed by atoms with van der Waals surface area (Å²) in [5, 5.41) is 14.3. The van der Waals surface area contributed by atoms with E-state index in [1.807, 2.05) is 31.6 Å². The lowest BCUT2D eigenvalue weighted by Crippen LogP contribution is -2.52. The molecular weight excluding hydrogens is 384 g/mol. The maximum Gasteiger partial charge on any atom is 0.411 e. The molecule has 2 heterocycles. The second-order valence-corrected chi connectivity index (χ2v) is 8.59. The van der Waals surface area contributed by atoms with Gasteiger partial charge in [-0.2, -0.15) is 5.10 Å². The van der Waals surface area contributed by atoms with Gasteiger partial charge >= 0.3 is 6.09 Å². The Hall–Kier alpha value is -3.03. The van der Waals surface area contributed by atoms with Gasteiger partial charge in [0.15, 0.2) is 0 Å². The Balaban J connectivity index is 1.83. The van der Waals surface area contributed by atoms with E-state index in [0.29, 0.717) is 29.6 Å². The zero-order valence-electron chi connectivity index (χ0n) is 17.8. The number of carboxylic acid groups (broad SMARTS) is 1. The summed E-state index contributed by atoms with van der Waals surface area (Å²) in [5.41, 5.74) is 2.69. The number of ether oxygens (including phenoxy) is 1. The number of fused-ring (bicyclic) bond motifs is 1. The van der Waals surface area contributed by atoms with Gasteiger partial charge in [0, 0.05) is 36.4 Å². The van der Waals surface area contributed by atoms with E-state index in [-0.39, 0.29) is 24.4 Å². The van der Waals surface area contributed by atoms with Gasteiger partial charge in [-0.25, -0.2) is 4.79 Å². The highest BCUT2D eigenvalue weighted by Crippen LogP contribution is 2.45. The molecule has 160 valence electrons. The Morgan fingerprint density at radius 2 is 2.00 bits per heavy atom. The van der Waals surface area contributed by atoms with Crippen molar-refractivity contribution in [2.45, 2.75) is 52.1 Å². The monoisotopic (exact) mass is 412 g/mol. The van der Waals surface area contributed by atoms with Crippen molar-refractivity contribution in [2.75, 3.05) is 23.5 Å². The number of methoxy groups -OCH3 is 1. The van der Waals surface area contributed by atoms with Gasteiger partial charge in [0.2, 0.25) is 5.91 Å². The first-order valence-electron chi connectivity index (χ1n) is 10.4. The SMILES string of the molecule is COc1cc2c(cc1-c1cnn(C3CC3)c1)N(C(=O)O)C[C@H](C)N2C(=O)CC(C)C. The van der Waals surface area contributed by atoms with Gasteiger partial charge in [-0.1, -0.05) is 13.8 Å². The fourth-order valence-corrected chi connectivity index (χ4v) is 4.07. The molecule has 1 fully saturated rings. The molecule has 1 aliphatic heterocycles. The number of hydrogen-bond acceptors (Lipinski definition) is 4. The van der Waals surface area contributed by atoms with Crippen LogP contribution in [0, 0.1) is 5.92 Å². The van der Waals surface area contributed by atoms with Crippen LogP contribution in [0.25, 0.3) is 11.1 Å². The van der Waals surface area contributed by atoms with E-state index in [0.717, 1.165) is 24.0 Å². The largest absolute Gasteiger partial charge is 0.496 e. The molecule has 0 spiro atoms. The molecule has 1 aromatic carbocycles.